The highest BCUT2D eigenvalue weighted by Crippen LogP contribution is 2.28. The second-order valence-electron chi connectivity index (χ2n) is 4.31. The highest BCUT2D eigenvalue weighted by atomic mass is 79.9. The molecule has 0 amide bonds. The number of thioether (sulfide) groups is 1. The molecule has 1 aliphatic heterocycles. The normalized spacial score (nSPS) is 19.6. The van der Waals surface area contributed by atoms with Crippen LogP contribution in [0.3, 0.4) is 0 Å². The monoisotopic (exact) mass is 316 g/mol. The summed E-state index contributed by atoms with van der Waals surface area (Å²) in [6.45, 7) is 4.32. The molecule has 0 spiro atoms. The van der Waals surface area contributed by atoms with Gasteiger partial charge in [0.05, 0.1) is 11.7 Å². The first kappa shape index (κ1) is 12.9. The number of nitrogens with zero attached hydrogens (tertiary/aromatic N) is 1. The fourth-order valence-corrected chi connectivity index (χ4v) is 3.03. The van der Waals surface area contributed by atoms with E-state index in [-0.39, 0.29) is 5.82 Å². The van der Waals surface area contributed by atoms with Crippen molar-refractivity contribution in [1.29, 1.82) is 0 Å². The SMILES string of the molecule is CC(C)C1CSC(Nc2cc(F)ccc2Br)=N1. The van der Waals surface area contributed by atoms with Crippen molar-refractivity contribution in [2.75, 3.05) is 11.1 Å². The number of benzene rings is 1. The van der Waals surface area contributed by atoms with Crippen molar-refractivity contribution in [3.63, 3.8) is 0 Å². The Balaban J connectivity index is 2.11. The molecule has 1 aromatic carbocycles. The molecule has 17 heavy (non-hydrogen) atoms. The van der Waals surface area contributed by atoms with Gasteiger partial charge in [-0.05, 0) is 40.0 Å². The van der Waals surface area contributed by atoms with Crippen LogP contribution in [0.5, 0.6) is 0 Å². The lowest BCUT2D eigenvalue weighted by Crippen LogP contribution is -2.12. The van der Waals surface area contributed by atoms with Crippen molar-refractivity contribution >= 4 is 38.5 Å². The maximum Gasteiger partial charge on any atom is 0.161 e. The Morgan fingerprint density at radius 2 is 2.29 bits per heavy atom. The predicted molar refractivity (Wildman–Crippen MR) is 76.2 cm³/mol. The lowest BCUT2D eigenvalue weighted by molar-refractivity contribution is 0.543. The summed E-state index contributed by atoms with van der Waals surface area (Å²) < 4.78 is 14.0. The minimum atomic E-state index is -0.250. The van der Waals surface area contributed by atoms with Gasteiger partial charge in [0, 0.05) is 10.2 Å². The predicted octanol–water partition coefficient (Wildman–Crippen LogP) is 4.13. The molecular formula is C12H14BrFN2S. The van der Waals surface area contributed by atoms with Gasteiger partial charge in [0.15, 0.2) is 5.17 Å². The van der Waals surface area contributed by atoms with E-state index in [4.69, 9.17) is 0 Å². The first-order valence-corrected chi connectivity index (χ1v) is 7.27. The van der Waals surface area contributed by atoms with Crippen LogP contribution in [-0.2, 0) is 0 Å². The molecule has 1 unspecified atom stereocenters. The van der Waals surface area contributed by atoms with Gasteiger partial charge in [0.2, 0.25) is 0 Å². The number of halogens is 2. The van der Waals surface area contributed by atoms with Crippen molar-refractivity contribution in [3.8, 4) is 0 Å². The van der Waals surface area contributed by atoms with Gasteiger partial charge in [-0.3, -0.25) is 4.99 Å². The van der Waals surface area contributed by atoms with Crippen LogP contribution in [-0.4, -0.2) is 17.0 Å². The molecule has 92 valence electrons. The van der Waals surface area contributed by atoms with E-state index in [9.17, 15) is 4.39 Å². The molecule has 0 saturated carbocycles. The minimum absolute atomic E-state index is 0.250. The molecule has 2 rings (SSSR count). The fraction of sp³-hybridized carbons (Fsp3) is 0.417. The zero-order chi connectivity index (χ0) is 12.4. The van der Waals surface area contributed by atoms with E-state index in [1.165, 1.54) is 12.1 Å². The van der Waals surface area contributed by atoms with Crippen molar-refractivity contribution in [2.45, 2.75) is 19.9 Å². The van der Waals surface area contributed by atoms with E-state index >= 15 is 0 Å². The quantitative estimate of drug-likeness (QED) is 0.887. The molecule has 1 heterocycles. The van der Waals surface area contributed by atoms with E-state index in [1.54, 1.807) is 17.8 Å². The van der Waals surface area contributed by atoms with Crippen molar-refractivity contribution < 1.29 is 4.39 Å². The largest absolute Gasteiger partial charge is 0.334 e. The summed E-state index contributed by atoms with van der Waals surface area (Å²) >= 11 is 5.07. The van der Waals surface area contributed by atoms with E-state index in [1.807, 2.05) is 0 Å². The second-order valence-corrected chi connectivity index (χ2v) is 6.17. The lowest BCUT2D eigenvalue weighted by atomic mass is 10.1. The average Bonchev–Trinajstić information content (AvgIpc) is 2.72. The Kier molecular flexibility index (Phi) is 4.09. The number of rotatable bonds is 2. The number of aliphatic imine (C=N–C) groups is 1. The maximum absolute atomic E-state index is 13.1. The Morgan fingerprint density at radius 3 is 2.94 bits per heavy atom. The summed E-state index contributed by atoms with van der Waals surface area (Å²) in [5.74, 6) is 1.28. The van der Waals surface area contributed by atoms with E-state index < -0.39 is 0 Å². The third-order valence-corrected chi connectivity index (χ3v) is 4.29. The molecule has 0 aliphatic carbocycles. The smallest absolute Gasteiger partial charge is 0.161 e. The molecule has 2 nitrogen and oxygen atoms in total. The zero-order valence-corrected chi connectivity index (χ0v) is 12.1. The van der Waals surface area contributed by atoms with Crippen LogP contribution < -0.4 is 5.32 Å². The summed E-state index contributed by atoms with van der Waals surface area (Å²) in [4.78, 5) is 4.58. The Hall–Kier alpha value is -0.550. The number of anilines is 1. The first-order valence-electron chi connectivity index (χ1n) is 5.49. The third kappa shape index (κ3) is 3.22. The molecule has 1 aliphatic rings. The molecule has 1 aromatic rings. The maximum atomic E-state index is 13.1. The molecule has 0 aromatic heterocycles. The van der Waals surface area contributed by atoms with Gasteiger partial charge in [0.25, 0.3) is 0 Å². The molecular weight excluding hydrogens is 303 g/mol. The van der Waals surface area contributed by atoms with Crippen molar-refractivity contribution in [1.82, 2.24) is 0 Å². The summed E-state index contributed by atoms with van der Waals surface area (Å²) in [5.41, 5.74) is 0.723. The number of hydrogen-bond donors (Lipinski definition) is 1. The van der Waals surface area contributed by atoms with Gasteiger partial charge < -0.3 is 5.32 Å². The number of nitrogens with one attached hydrogen (secondary N) is 1. The summed E-state index contributed by atoms with van der Waals surface area (Å²) in [6, 6.07) is 4.94. The van der Waals surface area contributed by atoms with Gasteiger partial charge in [0.1, 0.15) is 5.82 Å². The average molecular weight is 317 g/mol. The van der Waals surface area contributed by atoms with Gasteiger partial charge in [-0.1, -0.05) is 25.6 Å². The van der Waals surface area contributed by atoms with E-state index in [2.05, 4.69) is 40.1 Å². The highest BCUT2D eigenvalue weighted by Gasteiger charge is 2.21. The summed E-state index contributed by atoms with van der Waals surface area (Å²) in [7, 11) is 0. The Morgan fingerprint density at radius 1 is 1.53 bits per heavy atom. The van der Waals surface area contributed by atoms with Crippen molar-refractivity contribution in [3.05, 3.63) is 28.5 Å². The summed E-state index contributed by atoms with van der Waals surface area (Å²) in [6.07, 6.45) is 0. The number of amidine groups is 1. The molecule has 0 fully saturated rings. The Labute approximate surface area is 113 Å². The van der Waals surface area contributed by atoms with Crippen LogP contribution in [0.15, 0.2) is 27.7 Å². The molecule has 1 atom stereocenters. The van der Waals surface area contributed by atoms with Crippen LogP contribution in [0, 0.1) is 11.7 Å². The van der Waals surface area contributed by atoms with E-state index in [0.29, 0.717) is 12.0 Å². The highest BCUT2D eigenvalue weighted by molar-refractivity contribution is 9.10. The second kappa shape index (κ2) is 5.40. The van der Waals surface area contributed by atoms with Gasteiger partial charge in [-0.2, -0.15) is 0 Å². The molecule has 5 heteroatoms. The molecule has 1 N–H and O–H groups in total. The van der Waals surface area contributed by atoms with Crippen LogP contribution in [0.4, 0.5) is 10.1 Å². The first-order chi connectivity index (χ1) is 8.06. The summed E-state index contributed by atoms with van der Waals surface area (Å²) in [5, 5.41) is 4.03. The standard InChI is InChI=1S/C12H14BrFN2S/c1-7(2)11-6-17-12(16-11)15-10-5-8(14)3-4-9(10)13/h3-5,7,11H,6H2,1-2H3,(H,15,16). The molecule has 0 bridgehead atoms. The molecule has 0 radical (unpaired) electrons. The Bertz CT molecular complexity index is 448. The van der Waals surface area contributed by atoms with Gasteiger partial charge in [-0.15, -0.1) is 0 Å². The van der Waals surface area contributed by atoms with Crippen LogP contribution in [0.2, 0.25) is 0 Å². The van der Waals surface area contributed by atoms with Gasteiger partial charge in [-0.25, -0.2) is 4.39 Å². The lowest BCUT2D eigenvalue weighted by Gasteiger charge is -2.08. The van der Waals surface area contributed by atoms with Gasteiger partial charge >= 0.3 is 0 Å². The van der Waals surface area contributed by atoms with Crippen LogP contribution in [0.25, 0.3) is 0 Å². The zero-order valence-electron chi connectivity index (χ0n) is 9.71. The fourth-order valence-electron chi connectivity index (χ4n) is 1.51. The van der Waals surface area contributed by atoms with Crippen LogP contribution >= 0.6 is 27.7 Å². The number of hydrogen-bond acceptors (Lipinski definition) is 3. The molecule has 0 saturated heterocycles. The van der Waals surface area contributed by atoms with Crippen LogP contribution in [0.1, 0.15) is 13.8 Å². The van der Waals surface area contributed by atoms with E-state index in [0.717, 1.165) is 21.1 Å². The third-order valence-electron chi connectivity index (χ3n) is 2.61. The van der Waals surface area contributed by atoms with Crippen molar-refractivity contribution in [2.24, 2.45) is 10.9 Å². The minimum Gasteiger partial charge on any atom is -0.334 e. The topological polar surface area (TPSA) is 24.4 Å².